The lowest BCUT2D eigenvalue weighted by Gasteiger charge is -2.37. The number of rotatable bonds is 4. The van der Waals surface area contributed by atoms with Crippen molar-refractivity contribution >= 4 is 17.3 Å². The molecule has 0 aromatic heterocycles. The van der Waals surface area contributed by atoms with Crippen LogP contribution < -0.4 is 5.01 Å². The number of nitrogens with zero attached hydrogens (tertiary/aromatic N) is 3. The predicted molar refractivity (Wildman–Crippen MR) is 90.5 cm³/mol. The highest BCUT2D eigenvalue weighted by molar-refractivity contribution is 6.22. The van der Waals surface area contributed by atoms with Crippen molar-refractivity contribution in [1.82, 2.24) is 5.06 Å². The second kappa shape index (κ2) is 6.16. The molecule has 0 aliphatic carbocycles. The molecule has 6 nitrogen and oxygen atoms in total. The number of hydroxylamine groups is 2. The Hall–Kier alpha value is -2.54. The van der Waals surface area contributed by atoms with E-state index in [1.165, 1.54) is 11.9 Å². The van der Waals surface area contributed by atoms with E-state index in [2.05, 4.69) is 5.10 Å². The minimum atomic E-state index is -1.56. The van der Waals surface area contributed by atoms with Crippen LogP contribution in [-0.2, 0) is 10.3 Å². The third kappa shape index (κ3) is 2.32. The van der Waals surface area contributed by atoms with Gasteiger partial charge in [-0.3, -0.25) is 4.79 Å². The summed E-state index contributed by atoms with van der Waals surface area (Å²) in [6, 6.07) is 17.8. The maximum atomic E-state index is 13.3. The van der Waals surface area contributed by atoms with E-state index < -0.39 is 17.7 Å². The summed E-state index contributed by atoms with van der Waals surface area (Å²) in [5, 5.41) is 26.8. The molecule has 2 N–H and O–H groups in total. The molecule has 1 aliphatic rings. The van der Waals surface area contributed by atoms with Crippen LogP contribution in [0.3, 0.4) is 0 Å². The minimum Gasteiger partial charge on any atom is -0.376 e. The van der Waals surface area contributed by atoms with Crippen LogP contribution in [0.15, 0.2) is 65.8 Å². The Labute approximate surface area is 140 Å². The molecule has 2 aromatic rings. The van der Waals surface area contributed by atoms with Gasteiger partial charge < -0.3 is 10.3 Å². The van der Waals surface area contributed by atoms with E-state index in [4.69, 9.17) is 0 Å². The van der Waals surface area contributed by atoms with Crippen LogP contribution in [0.25, 0.3) is 0 Å². The van der Waals surface area contributed by atoms with Gasteiger partial charge in [0, 0.05) is 0 Å². The fourth-order valence-electron chi connectivity index (χ4n) is 3.01. The molecule has 0 saturated carbocycles. The molecule has 0 spiro atoms. The quantitative estimate of drug-likeness (QED) is 0.668. The summed E-state index contributed by atoms with van der Waals surface area (Å²) >= 11 is 0. The fourth-order valence-corrected chi connectivity index (χ4v) is 3.01. The van der Waals surface area contributed by atoms with Crippen LogP contribution >= 0.6 is 0 Å². The lowest BCUT2D eigenvalue weighted by molar-refractivity contribution is -0.231. The maximum absolute atomic E-state index is 13.3. The topological polar surface area (TPSA) is 76.4 Å². The Bertz CT molecular complexity index is 762. The zero-order valence-corrected chi connectivity index (χ0v) is 13.5. The highest BCUT2D eigenvalue weighted by Crippen LogP contribution is 2.38. The number of carbonyl (C=O) groups is 1. The monoisotopic (exact) mass is 325 g/mol. The van der Waals surface area contributed by atoms with Gasteiger partial charge in [-0.1, -0.05) is 48.5 Å². The zero-order valence-electron chi connectivity index (χ0n) is 13.5. The summed E-state index contributed by atoms with van der Waals surface area (Å²) in [6.07, 6.45) is -1.25. The van der Waals surface area contributed by atoms with Crippen molar-refractivity contribution in [3.63, 3.8) is 0 Å². The number of anilines is 1. The molecule has 2 unspecified atom stereocenters. The second-order valence-corrected chi connectivity index (χ2v) is 5.69. The van der Waals surface area contributed by atoms with Gasteiger partial charge in [0.1, 0.15) is 6.23 Å². The number of carbonyl (C=O) groups excluding carboxylic acids is 1. The van der Waals surface area contributed by atoms with E-state index >= 15 is 0 Å². The highest BCUT2D eigenvalue weighted by Gasteiger charge is 2.56. The van der Waals surface area contributed by atoms with Crippen LogP contribution in [0.2, 0.25) is 0 Å². The normalized spacial score (nSPS) is 22.0. The lowest BCUT2D eigenvalue weighted by atomic mass is 9.84. The standard InChI is InChI=1S/C18H19N3O3/c1-13-18(21(24)14(2)22,15-9-5-3-6-10-15)17(23)20(19-13)16-11-7-4-8-12-16/h3-12,14,22,24H,1-2H3. The van der Waals surface area contributed by atoms with Gasteiger partial charge in [-0.2, -0.15) is 10.1 Å². The molecule has 0 bridgehead atoms. The van der Waals surface area contributed by atoms with Crippen LogP contribution in [0.4, 0.5) is 5.69 Å². The molecule has 1 aliphatic heterocycles. The van der Waals surface area contributed by atoms with Crippen molar-refractivity contribution in [2.24, 2.45) is 5.10 Å². The molecule has 3 rings (SSSR count). The number of aliphatic hydroxyl groups excluding tert-OH is 1. The first-order valence-electron chi connectivity index (χ1n) is 7.66. The van der Waals surface area contributed by atoms with Crippen molar-refractivity contribution in [3.8, 4) is 0 Å². The number of hydrogen-bond donors (Lipinski definition) is 2. The van der Waals surface area contributed by atoms with E-state index in [0.29, 0.717) is 22.0 Å². The molecule has 1 heterocycles. The Morgan fingerprint density at radius 1 is 1.08 bits per heavy atom. The van der Waals surface area contributed by atoms with E-state index in [9.17, 15) is 15.1 Å². The molecule has 124 valence electrons. The Balaban J connectivity index is 2.17. The SMILES string of the molecule is CC1=NN(c2ccccc2)C(=O)C1(c1ccccc1)N(O)C(C)O. The molecule has 0 fully saturated rings. The van der Waals surface area contributed by atoms with Crippen molar-refractivity contribution < 1.29 is 15.1 Å². The average Bonchev–Trinajstić information content (AvgIpc) is 2.87. The molecule has 1 amide bonds. The fraction of sp³-hybridized carbons (Fsp3) is 0.222. The van der Waals surface area contributed by atoms with Crippen molar-refractivity contribution in [3.05, 3.63) is 66.2 Å². The first-order valence-corrected chi connectivity index (χ1v) is 7.66. The molecule has 0 saturated heterocycles. The van der Waals surface area contributed by atoms with E-state index in [-0.39, 0.29) is 0 Å². The van der Waals surface area contributed by atoms with Crippen molar-refractivity contribution in [2.75, 3.05) is 5.01 Å². The molecule has 0 radical (unpaired) electrons. The van der Waals surface area contributed by atoms with Gasteiger partial charge in [0.15, 0.2) is 5.54 Å². The van der Waals surface area contributed by atoms with E-state index in [1.807, 2.05) is 12.1 Å². The average molecular weight is 325 g/mol. The molecular formula is C18H19N3O3. The Morgan fingerprint density at radius 3 is 2.17 bits per heavy atom. The van der Waals surface area contributed by atoms with Crippen molar-refractivity contribution in [2.45, 2.75) is 25.6 Å². The van der Waals surface area contributed by atoms with Gasteiger partial charge in [-0.25, -0.2) is 0 Å². The number of para-hydroxylation sites is 1. The third-order valence-corrected chi connectivity index (χ3v) is 4.17. The van der Waals surface area contributed by atoms with Gasteiger partial charge in [0.05, 0.1) is 11.4 Å². The first kappa shape index (κ1) is 16.3. The molecule has 6 heteroatoms. The highest BCUT2D eigenvalue weighted by atomic mass is 16.5. The number of amides is 1. The summed E-state index contributed by atoms with van der Waals surface area (Å²) in [7, 11) is 0. The number of hydrazone groups is 1. The van der Waals surface area contributed by atoms with Crippen LogP contribution in [0, 0.1) is 0 Å². The lowest BCUT2D eigenvalue weighted by Crippen LogP contribution is -2.58. The van der Waals surface area contributed by atoms with Crippen LogP contribution in [0.5, 0.6) is 0 Å². The molecular weight excluding hydrogens is 306 g/mol. The summed E-state index contributed by atoms with van der Waals surface area (Å²) in [5.41, 5.74) is -0.0478. The summed E-state index contributed by atoms with van der Waals surface area (Å²) < 4.78 is 0. The summed E-state index contributed by atoms with van der Waals surface area (Å²) in [4.78, 5) is 13.3. The van der Waals surface area contributed by atoms with E-state index in [0.717, 1.165) is 0 Å². The Morgan fingerprint density at radius 2 is 1.62 bits per heavy atom. The minimum absolute atomic E-state index is 0.381. The third-order valence-electron chi connectivity index (χ3n) is 4.17. The smallest absolute Gasteiger partial charge is 0.280 e. The summed E-state index contributed by atoms with van der Waals surface area (Å²) in [5.74, 6) is -0.444. The van der Waals surface area contributed by atoms with Gasteiger partial charge in [0.2, 0.25) is 0 Å². The summed E-state index contributed by atoms with van der Waals surface area (Å²) in [6.45, 7) is 3.07. The zero-order chi connectivity index (χ0) is 17.3. The predicted octanol–water partition coefficient (Wildman–Crippen LogP) is 2.33. The first-order chi connectivity index (χ1) is 11.5. The van der Waals surface area contributed by atoms with Gasteiger partial charge in [-0.15, -0.1) is 5.06 Å². The van der Waals surface area contributed by atoms with Gasteiger partial charge in [0.25, 0.3) is 5.91 Å². The maximum Gasteiger partial charge on any atom is 0.280 e. The molecule has 2 atom stereocenters. The Kier molecular flexibility index (Phi) is 4.19. The number of hydrogen-bond acceptors (Lipinski definition) is 5. The molecule has 2 aromatic carbocycles. The largest absolute Gasteiger partial charge is 0.376 e. The van der Waals surface area contributed by atoms with Gasteiger partial charge in [-0.05, 0) is 31.5 Å². The van der Waals surface area contributed by atoms with Crippen LogP contribution in [0.1, 0.15) is 19.4 Å². The van der Waals surface area contributed by atoms with Crippen molar-refractivity contribution in [1.29, 1.82) is 0 Å². The number of aliphatic hydroxyl groups is 1. The molecule has 24 heavy (non-hydrogen) atoms. The van der Waals surface area contributed by atoms with E-state index in [1.54, 1.807) is 55.5 Å². The van der Waals surface area contributed by atoms with Crippen LogP contribution in [-0.4, -0.2) is 33.2 Å². The second-order valence-electron chi connectivity index (χ2n) is 5.69. The number of benzene rings is 2. The van der Waals surface area contributed by atoms with Gasteiger partial charge >= 0.3 is 0 Å².